The van der Waals surface area contributed by atoms with Crippen molar-refractivity contribution in [3.8, 4) is 5.75 Å². The summed E-state index contributed by atoms with van der Waals surface area (Å²) in [5, 5.41) is 0.624. The first-order valence-electron chi connectivity index (χ1n) is 5.77. The first-order valence-corrected chi connectivity index (χ1v) is 6.15. The van der Waals surface area contributed by atoms with Crippen molar-refractivity contribution < 1.29 is 14.3 Å². The molecule has 2 rings (SSSR count). The molecule has 1 aromatic rings. The van der Waals surface area contributed by atoms with Crippen LogP contribution < -0.4 is 4.74 Å². The molecule has 0 N–H and O–H groups in total. The van der Waals surface area contributed by atoms with E-state index in [1.807, 2.05) is 19.1 Å². The molecule has 1 aromatic carbocycles. The van der Waals surface area contributed by atoms with Crippen molar-refractivity contribution in [3.63, 3.8) is 0 Å². The maximum Gasteiger partial charge on any atom is 0.169 e. The number of rotatable bonds is 5. The van der Waals surface area contributed by atoms with Crippen LogP contribution in [0.2, 0.25) is 5.02 Å². The van der Waals surface area contributed by atoms with E-state index < -0.39 is 6.10 Å². The number of benzene rings is 1. The minimum absolute atomic E-state index is 0.116. The van der Waals surface area contributed by atoms with Gasteiger partial charge in [0.2, 0.25) is 0 Å². The van der Waals surface area contributed by atoms with Crippen LogP contribution in [0.4, 0.5) is 0 Å². The number of ketones is 1. The molecule has 0 bridgehead atoms. The summed E-state index contributed by atoms with van der Waals surface area (Å²) in [5.74, 6) is 0.797. The maximum atomic E-state index is 11.4. The normalized spacial score (nSPS) is 23.3. The number of Topliss-reactive ketones (excluding diaryl/α,β-unsaturated/α-hetero) is 1. The molecular formula is C13H15ClO3. The number of halogens is 1. The molecule has 0 radical (unpaired) electrons. The zero-order valence-corrected chi connectivity index (χ0v) is 10.4. The second kappa shape index (κ2) is 5.52. The summed E-state index contributed by atoms with van der Waals surface area (Å²) in [4.78, 5) is 11.4. The maximum absolute atomic E-state index is 11.4. The molecule has 2 unspecified atom stereocenters. The van der Waals surface area contributed by atoms with Crippen molar-refractivity contribution in [2.24, 2.45) is 0 Å². The summed E-state index contributed by atoms with van der Waals surface area (Å²) in [5.41, 5.74) is 0. The Morgan fingerprint density at radius 3 is 2.94 bits per heavy atom. The van der Waals surface area contributed by atoms with Gasteiger partial charge in [-0.3, -0.25) is 4.79 Å². The van der Waals surface area contributed by atoms with E-state index in [9.17, 15) is 4.79 Å². The molecule has 1 aliphatic carbocycles. The van der Waals surface area contributed by atoms with Crippen LogP contribution in [0, 0.1) is 0 Å². The first kappa shape index (κ1) is 12.4. The van der Waals surface area contributed by atoms with Gasteiger partial charge in [-0.05, 0) is 24.6 Å². The van der Waals surface area contributed by atoms with Gasteiger partial charge in [0, 0.05) is 18.1 Å². The van der Waals surface area contributed by atoms with E-state index in [2.05, 4.69) is 0 Å². The zero-order chi connectivity index (χ0) is 12.3. The summed E-state index contributed by atoms with van der Waals surface area (Å²) in [6.45, 7) is 2.60. The van der Waals surface area contributed by atoms with Gasteiger partial charge in [0.25, 0.3) is 0 Å². The minimum Gasteiger partial charge on any atom is -0.487 e. The average Bonchev–Trinajstić information content (AvgIpc) is 2.29. The summed E-state index contributed by atoms with van der Waals surface area (Å²) in [6.07, 6.45) is 0.732. The molecule has 0 aliphatic heterocycles. The lowest BCUT2D eigenvalue weighted by molar-refractivity contribution is -0.154. The van der Waals surface area contributed by atoms with Crippen LogP contribution in [0.3, 0.4) is 0 Å². The van der Waals surface area contributed by atoms with E-state index in [0.29, 0.717) is 23.8 Å². The fourth-order valence-corrected chi connectivity index (χ4v) is 1.91. The van der Waals surface area contributed by atoms with Crippen molar-refractivity contribution >= 4 is 17.4 Å². The summed E-state index contributed by atoms with van der Waals surface area (Å²) in [6, 6.07) is 7.16. The number of carbonyl (C=O) groups is 1. The first-order chi connectivity index (χ1) is 8.20. The molecule has 0 aromatic heterocycles. The lowest BCUT2D eigenvalue weighted by Gasteiger charge is -2.34. The molecule has 4 heteroatoms. The van der Waals surface area contributed by atoms with Gasteiger partial charge in [-0.2, -0.15) is 0 Å². The van der Waals surface area contributed by atoms with Crippen molar-refractivity contribution in [2.45, 2.75) is 32.0 Å². The van der Waals surface area contributed by atoms with Gasteiger partial charge in [0.15, 0.2) is 11.9 Å². The lowest BCUT2D eigenvalue weighted by atomic mass is 9.90. The molecule has 17 heavy (non-hydrogen) atoms. The van der Waals surface area contributed by atoms with Gasteiger partial charge in [0.1, 0.15) is 11.9 Å². The molecule has 3 nitrogen and oxygen atoms in total. The summed E-state index contributed by atoms with van der Waals surface area (Å²) < 4.78 is 11.1. The highest BCUT2D eigenvalue weighted by atomic mass is 35.5. The smallest absolute Gasteiger partial charge is 0.169 e. The largest absolute Gasteiger partial charge is 0.487 e. The average molecular weight is 255 g/mol. The second-order valence-electron chi connectivity index (χ2n) is 4.08. The third kappa shape index (κ3) is 2.99. The van der Waals surface area contributed by atoms with E-state index in [0.717, 1.165) is 6.42 Å². The van der Waals surface area contributed by atoms with Gasteiger partial charge >= 0.3 is 0 Å². The Labute approximate surface area is 106 Å². The van der Waals surface area contributed by atoms with Crippen LogP contribution in [-0.4, -0.2) is 24.6 Å². The van der Waals surface area contributed by atoms with Crippen LogP contribution in [0.1, 0.15) is 19.8 Å². The summed E-state index contributed by atoms with van der Waals surface area (Å²) in [7, 11) is 0. The highest BCUT2D eigenvalue weighted by Gasteiger charge is 2.42. The Balaban J connectivity index is 1.93. The second-order valence-corrected chi connectivity index (χ2v) is 4.51. The van der Waals surface area contributed by atoms with Gasteiger partial charge in [-0.1, -0.05) is 24.6 Å². The SMILES string of the molecule is CCCOC1C(=O)CC1Oc1cccc(Cl)c1. The van der Waals surface area contributed by atoms with Crippen molar-refractivity contribution in [2.75, 3.05) is 6.61 Å². The van der Waals surface area contributed by atoms with Gasteiger partial charge in [-0.15, -0.1) is 0 Å². The fourth-order valence-electron chi connectivity index (χ4n) is 1.73. The number of hydrogen-bond donors (Lipinski definition) is 0. The number of ether oxygens (including phenoxy) is 2. The van der Waals surface area contributed by atoms with Gasteiger partial charge in [0.05, 0.1) is 0 Å². The molecule has 0 saturated heterocycles. The molecule has 0 spiro atoms. The van der Waals surface area contributed by atoms with E-state index in [-0.39, 0.29) is 11.9 Å². The Morgan fingerprint density at radius 2 is 2.29 bits per heavy atom. The van der Waals surface area contributed by atoms with E-state index in [1.54, 1.807) is 12.1 Å². The molecule has 0 amide bonds. The predicted octanol–water partition coefficient (Wildman–Crippen LogP) is 2.86. The summed E-state index contributed by atoms with van der Waals surface area (Å²) >= 11 is 5.86. The van der Waals surface area contributed by atoms with Crippen LogP contribution in [0.15, 0.2) is 24.3 Å². The third-order valence-electron chi connectivity index (χ3n) is 2.64. The van der Waals surface area contributed by atoms with Crippen LogP contribution in [-0.2, 0) is 9.53 Å². The lowest BCUT2D eigenvalue weighted by Crippen LogP contribution is -2.52. The van der Waals surface area contributed by atoms with Crippen molar-refractivity contribution in [1.82, 2.24) is 0 Å². The monoisotopic (exact) mass is 254 g/mol. The van der Waals surface area contributed by atoms with E-state index >= 15 is 0 Å². The minimum atomic E-state index is -0.408. The highest BCUT2D eigenvalue weighted by molar-refractivity contribution is 6.30. The predicted molar refractivity (Wildman–Crippen MR) is 65.5 cm³/mol. The van der Waals surface area contributed by atoms with Crippen molar-refractivity contribution in [1.29, 1.82) is 0 Å². The van der Waals surface area contributed by atoms with Crippen LogP contribution in [0.25, 0.3) is 0 Å². The molecule has 92 valence electrons. The molecule has 1 aliphatic rings. The highest BCUT2D eigenvalue weighted by Crippen LogP contribution is 2.27. The Kier molecular flexibility index (Phi) is 4.02. The molecule has 1 saturated carbocycles. The number of carbonyl (C=O) groups excluding carboxylic acids is 1. The van der Waals surface area contributed by atoms with E-state index in [4.69, 9.17) is 21.1 Å². The molecule has 0 heterocycles. The zero-order valence-electron chi connectivity index (χ0n) is 9.69. The molecule has 2 atom stereocenters. The Morgan fingerprint density at radius 1 is 1.47 bits per heavy atom. The number of hydrogen-bond acceptors (Lipinski definition) is 3. The van der Waals surface area contributed by atoms with Crippen molar-refractivity contribution in [3.05, 3.63) is 29.3 Å². The van der Waals surface area contributed by atoms with E-state index in [1.165, 1.54) is 0 Å². The quantitative estimate of drug-likeness (QED) is 0.811. The third-order valence-corrected chi connectivity index (χ3v) is 2.88. The molecular weight excluding hydrogens is 240 g/mol. The van der Waals surface area contributed by atoms with Crippen LogP contribution >= 0.6 is 11.6 Å². The molecule has 1 fully saturated rings. The van der Waals surface area contributed by atoms with Gasteiger partial charge < -0.3 is 9.47 Å². The van der Waals surface area contributed by atoms with Crippen LogP contribution in [0.5, 0.6) is 5.75 Å². The Bertz CT molecular complexity index is 405. The fraction of sp³-hybridized carbons (Fsp3) is 0.462. The van der Waals surface area contributed by atoms with Gasteiger partial charge in [-0.25, -0.2) is 0 Å². The topological polar surface area (TPSA) is 35.5 Å². The Hall–Kier alpha value is -1.06. The standard InChI is InChI=1S/C13H15ClO3/c1-2-6-16-13-11(15)8-12(13)17-10-5-3-4-9(14)7-10/h3-5,7,12-13H,2,6,8H2,1H3.